The van der Waals surface area contributed by atoms with Crippen LogP contribution in [0.1, 0.15) is 44.9 Å². The standard InChI is InChI=1S/C14H22N2O3/c1-2-7-11(15)12(17)16-10-14(13(18)19)8-5-3-4-6-9-14/h1,11H,3-10,15H2,(H,16,17)(H,18,19). The van der Waals surface area contributed by atoms with Crippen LogP contribution in [0.3, 0.4) is 0 Å². The highest BCUT2D eigenvalue weighted by Crippen LogP contribution is 2.34. The number of aliphatic carboxylic acids is 1. The molecule has 0 spiro atoms. The summed E-state index contributed by atoms with van der Waals surface area (Å²) in [6.07, 6.45) is 10.3. The van der Waals surface area contributed by atoms with E-state index in [1.165, 1.54) is 0 Å². The molecule has 0 heterocycles. The molecule has 1 atom stereocenters. The number of carboxylic acid groups (broad SMARTS) is 1. The van der Waals surface area contributed by atoms with Crippen molar-refractivity contribution >= 4 is 11.9 Å². The zero-order valence-electron chi connectivity index (χ0n) is 11.2. The molecule has 0 radical (unpaired) electrons. The molecule has 0 aromatic carbocycles. The van der Waals surface area contributed by atoms with E-state index in [9.17, 15) is 14.7 Å². The second kappa shape index (κ2) is 7.15. The second-order valence-corrected chi connectivity index (χ2v) is 5.23. The van der Waals surface area contributed by atoms with Crippen LogP contribution in [-0.4, -0.2) is 29.6 Å². The van der Waals surface area contributed by atoms with E-state index in [1.54, 1.807) is 0 Å². The average molecular weight is 266 g/mol. The lowest BCUT2D eigenvalue weighted by molar-refractivity contribution is -0.149. The highest BCUT2D eigenvalue weighted by molar-refractivity contribution is 5.83. The number of hydrogen-bond acceptors (Lipinski definition) is 3. The molecule has 0 aromatic heterocycles. The summed E-state index contributed by atoms with van der Waals surface area (Å²) in [4.78, 5) is 23.2. The summed E-state index contributed by atoms with van der Waals surface area (Å²) in [5.74, 6) is 1.12. The highest BCUT2D eigenvalue weighted by Gasteiger charge is 2.39. The smallest absolute Gasteiger partial charge is 0.311 e. The van der Waals surface area contributed by atoms with Crippen LogP contribution in [0.5, 0.6) is 0 Å². The fourth-order valence-electron chi connectivity index (χ4n) is 2.48. The SMILES string of the molecule is C#CCC(N)C(=O)NCC1(C(=O)O)CCCCCC1. The summed E-state index contributed by atoms with van der Waals surface area (Å²) in [6, 6.07) is -0.762. The Hall–Kier alpha value is -1.54. The fraction of sp³-hybridized carbons (Fsp3) is 0.714. The van der Waals surface area contributed by atoms with Gasteiger partial charge < -0.3 is 16.2 Å². The van der Waals surface area contributed by atoms with Crippen LogP contribution >= 0.6 is 0 Å². The third-order valence-corrected chi connectivity index (χ3v) is 3.79. The normalized spacial score (nSPS) is 19.8. The zero-order chi connectivity index (χ0) is 14.3. The molecule has 0 aliphatic heterocycles. The van der Waals surface area contributed by atoms with Crippen molar-refractivity contribution in [2.45, 2.75) is 51.0 Å². The summed E-state index contributed by atoms with van der Waals surface area (Å²) in [5, 5.41) is 12.1. The van der Waals surface area contributed by atoms with Gasteiger partial charge in [0, 0.05) is 13.0 Å². The van der Waals surface area contributed by atoms with Gasteiger partial charge in [0.1, 0.15) is 0 Å². The Morgan fingerprint density at radius 1 is 1.32 bits per heavy atom. The van der Waals surface area contributed by atoms with Gasteiger partial charge in [-0.3, -0.25) is 9.59 Å². The van der Waals surface area contributed by atoms with Crippen LogP contribution in [0.4, 0.5) is 0 Å². The number of amides is 1. The molecule has 1 rings (SSSR count). The first-order valence-electron chi connectivity index (χ1n) is 6.72. The Balaban J connectivity index is 2.62. The van der Waals surface area contributed by atoms with E-state index in [-0.39, 0.29) is 18.9 Å². The third-order valence-electron chi connectivity index (χ3n) is 3.79. The van der Waals surface area contributed by atoms with Gasteiger partial charge in [-0.15, -0.1) is 12.3 Å². The topological polar surface area (TPSA) is 92.4 Å². The van der Waals surface area contributed by atoms with E-state index in [0.717, 1.165) is 25.7 Å². The van der Waals surface area contributed by atoms with Crippen LogP contribution in [0, 0.1) is 17.8 Å². The lowest BCUT2D eigenvalue weighted by Gasteiger charge is -2.28. The minimum Gasteiger partial charge on any atom is -0.481 e. The zero-order valence-corrected chi connectivity index (χ0v) is 11.2. The van der Waals surface area contributed by atoms with Crippen LogP contribution in [0.15, 0.2) is 0 Å². The van der Waals surface area contributed by atoms with Crippen molar-refractivity contribution in [1.82, 2.24) is 5.32 Å². The van der Waals surface area contributed by atoms with Gasteiger partial charge in [-0.2, -0.15) is 0 Å². The fourth-order valence-corrected chi connectivity index (χ4v) is 2.48. The molecule has 0 aromatic rings. The molecular formula is C14H22N2O3. The Morgan fingerprint density at radius 3 is 2.37 bits per heavy atom. The van der Waals surface area contributed by atoms with E-state index >= 15 is 0 Å². The maximum absolute atomic E-state index is 11.7. The van der Waals surface area contributed by atoms with E-state index in [4.69, 9.17) is 12.2 Å². The number of nitrogens with two attached hydrogens (primary N) is 1. The largest absolute Gasteiger partial charge is 0.481 e. The molecule has 5 nitrogen and oxygen atoms in total. The maximum Gasteiger partial charge on any atom is 0.311 e. The molecule has 19 heavy (non-hydrogen) atoms. The van der Waals surface area contributed by atoms with E-state index in [2.05, 4.69) is 11.2 Å². The van der Waals surface area contributed by atoms with Gasteiger partial charge in [0.05, 0.1) is 11.5 Å². The molecule has 1 saturated carbocycles. The molecule has 1 unspecified atom stereocenters. The van der Waals surface area contributed by atoms with E-state index < -0.39 is 17.4 Å². The van der Waals surface area contributed by atoms with Crippen molar-refractivity contribution in [2.75, 3.05) is 6.54 Å². The molecular weight excluding hydrogens is 244 g/mol. The number of carbonyl (C=O) groups is 2. The Kier molecular flexibility index (Phi) is 5.84. The quantitative estimate of drug-likeness (QED) is 0.508. The minimum absolute atomic E-state index is 0.138. The van der Waals surface area contributed by atoms with E-state index in [1.807, 2.05) is 0 Å². The molecule has 4 N–H and O–H groups in total. The first-order chi connectivity index (χ1) is 9.02. The molecule has 0 saturated heterocycles. The molecule has 1 aliphatic rings. The lowest BCUT2D eigenvalue weighted by atomic mass is 9.80. The van der Waals surface area contributed by atoms with Gasteiger partial charge in [-0.25, -0.2) is 0 Å². The van der Waals surface area contributed by atoms with Crippen LogP contribution in [0.2, 0.25) is 0 Å². The van der Waals surface area contributed by atoms with Crippen molar-refractivity contribution in [3.8, 4) is 12.3 Å². The van der Waals surface area contributed by atoms with Crippen LogP contribution in [-0.2, 0) is 9.59 Å². The number of hydrogen-bond donors (Lipinski definition) is 3. The van der Waals surface area contributed by atoms with Crippen LogP contribution < -0.4 is 11.1 Å². The number of carboxylic acids is 1. The molecule has 1 amide bonds. The predicted molar refractivity (Wildman–Crippen MR) is 72.2 cm³/mol. The van der Waals surface area contributed by atoms with E-state index in [0.29, 0.717) is 12.8 Å². The number of rotatable bonds is 5. The molecule has 1 fully saturated rings. The Labute approximate surface area is 113 Å². The number of carbonyl (C=O) groups excluding carboxylic acids is 1. The van der Waals surface area contributed by atoms with Gasteiger partial charge in [-0.05, 0) is 12.8 Å². The summed E-state index contributed by atoms with van der Waals surface area (Å²) < 4.78 is 0. The Morgan fingerprint density at radius 2 is 1.89 bits per heavy atom. The highest BCUT2D eigenvalue weighted by atomic mass is 16.4. The second-order valence-electron chi connectivity index (χ2n) is 5.23. The third kappa shape index (κ3) is 4.25. The van der Waals surface area contributed by atoms with Crippen molar-refractivity contribution in [2.24, 2.45) is 11.1 Å². The lowest BCUT2D eigenvalue weighted by Crippen LogP contribution is -2.47. The molecule has 5 heteroatoms. The summed E-state index contributed by atoms with van der Waals surface area (Å²) >= 11 is 0. The maximum atomic E-state index is 11.7. The molecule has 0 bridgehead atoms. The number of nitrogens with one attached hydrogen (secondary N) is 1. The predicted octanol–water partition coefficient (Wildman–Crippen LogP) is 0.878. The first kappa shape index (κ1) is 15.5. The summed E-state index contributed by atoms with van der Waals surface area (Å²) in [7, 11) is 0. The van der Waals surface area contributed by atoms with Crippen molar-refractivity contribution in [3.63, 3.8) is 0 Å². The molecule has 1 aliphatic carbocycles. The molecule has 106 valence electrons. The monoisotopic (exact) mass is 266 g/mol. The number of terminal acetylenes is 1. The van der Waals surface area contributed by atoms with Crippen LogP contribution in [0.25, 0.3) is 0 Å². The van der Waals surface area contributed by atoms with Gasteiger partial charge >= 0.3 is 5.97 Å². The minimum atomic E-state index is -0.845. The Bertz CT molecular complexity index is 365. The van der Waals surface area contributed by atoms with Crippen molar-refractivity contribution in [1.29, 1.82) is 0 Å². The summed E-state index contributed by atoms with van der Waals surface area (Å²) in [6.45, 7) is 0.138. The average Bonchev–Trinajstić information content (AvgIpc) is 2.62. The van der Waals surface area contributed by atoms with Crippen molar-refractivity contribution in [3.05, 3.63) is 0 Å². The first-order valence-corrected chi connectivity index (χ1v) is 6.72. The van der Waals surface area contributed by atoms with Gasteiger partial charge in [-0.1, -0.05) is 25.7 Å². The van der Waals surface area contributed by atoms with Gasteiger partial charge in [0.2, 0.25) is 5.91 Å². The van der Waals surface area contributed by atoms with Crippen molar-refractivity contribution < 1.29 is 14.7 Å². The van der Waals surface area contributed by atoms with Gasteiger partial charge in [0.25, 0.3) is 0 Å². The van der Waals surface area contributed by atoms with Gasteiger partial charge in [0.15, 0.2) is 0 Å². The summed E-state index contributed by atoms with van der Waals surface area (Å²) in [5.41, 5.74) is 4.75.